The lowest BCUT2D eigenvalue weighted by Gasteiger charge is -2.30. The van der Waals surface area contributed by atoms with Crippen LogP contribution in [0.4, 0.5) is 17.1 Å². The Hall–Kier alpha value is -2.53. The van der Waals surface area contributed by atoms with Crippen molar-refractivity contribution in [1.29, 1.82) is 0 Å². The van der Waals surface area contributed by atoms with Crippen molar-refractivity contribution in [3.05, 3.63) is 54.6 Å². The number of nitrogens with one attached hydrogen (secondary N) is 1. The molecular weight excluding hydrogens is 314 g/mol. The van der Waals surface area contributed by atoms with Crippen molar-refractivity contribution in [1.82, 2.24) is 0 Å². The maximum absolute atomic E-state index is 12.4. The Morgan fingerprint density at radius 2 is 1.76 bits per heavy atom. The van der Waals surface area contributed by atoms with Crippen molar-refractivity contribution >= 4 is 23.0 Å². The van der Waals surface area contributed by atoms with Crippen LogP contribution in [0, 0.1) is 0 Å². The molecule has 0 unspecified atom stereocenters. The molecule has 1 saturated heterocycles. The minimum absolute atomic E-state index is 0.0310. The molecule has 2 aromatic carbocycles. The highest BCUT2D eigenvalue weighted by Crippen LogP contribution is 2.26. The average molecular weight is 339 g/mol. The molecule has 0 saturated carbocycles. The molecule has 1 aliphatic heterocycles. The fourth-order valence-corrected chi connectivity index (χ4v) is 2.95. The molecule has 1 fully saturated rings. The number of nitrogens with zero attached hydrogens (tertiary/aromatic N) is 2. The van der Waals surface area contributed by atoms with Crippen molar-refractivity contribution in [2.45, 2.75) is 6.42 Å². The van der Waals surface area contributed by atoms with Gasteiger partial charge in [0.25, 0.3) is 0 Å². The summed E-state index contributed by atoms with van der Waals surface area (Å²) in [6.45, 7) is 3.83. The monoisotopic (exact) mass is 339 g/mol. The number of amides is 1. The summed E-state index contributed by atoms with van der Waals surface area (Å²) in [5.74, 6) is 0.0310. The summed E-state index contributed by atoms with van der Waals surface area (Å²) >= 11 is 0. The predicted molar refractivity (Wildman–Crippen MR) is 102 cm³/mol. The van der Waals surface area contributed by atoms with E-state index in [0.29, 0.717) is 13.0 Å². The van der Waals surface area contributed by atoms with E-state index in [0.717, 1.165) is 43.4 Å². The van der Waals surface area contributed by atoms with Crippen LogP contribution in [0.5, 0.6) is 0 Å². The third-order valence-electron chi connectivity index (χ3n) is 4.40. The maximum atomic E-state index is 12.4. The van der Waals surface area contributed by atoms with E-state index in [1.807, 2.05) is 55.6 Å². The van der Waals surface area contributed by atoms with E-state index in [-0.39, 0.29) is 5.91 Å². The summed E-state index contributed by atoms with van der Waals surface area (Å²) in [4.78, 5) is 16.8. The summed E-state index contributed by atoms with van der Waals surface area (Å²) in [6.07, 6.45) is 0.447. The lowest BCUT2D eigenvalue weighted by molar-refractivity contribution is -0.116. The molecule has 1 N–H and O–H groups in total. The average Bonchev–Trinajstić information content (AvgIpc) is 2.68. The summed E-state index contributed by atoms with van der Waals surface area (Å²) in [5, 5.41) is 3.07. The smallest absolute Gasteiger partial charge is 0.226 e. The van der Waals surface area contributed by atoms with Crippen LogP contribution in [0.3, 0.4) is 0 Å². The van der Waals surface area contributed by atoms with Gasteiger partial charge in [-0.15, -0.1) is 0 Å². The Bertz CT molecular complexity index is 684. The van der Waals surface area contributed by atoms with E-state index in [9.17, 15) is 4.79 Å². The molecule has 0 aromatic heterocycles. The summed E-state index contributed by atoms with van der Waals surface area (Å²) in [5.41, 5.74) is 3.05. The van der Waals surface area contributed by atoms with Gasteiger partial charge in [-0.05, 0) is 24.3 Å². The lowest BCUT2D eigenvalue weighted by atomic mass is 10.2. The molecule has 5 heteroatoms. The highest BCUT2D eigenvalue weighted by molar-refractivity contribution is 5.94. The van der Waals surface area contributed by atoms with Crippen LogP contribution < -0.4 is 15.1 Å². The normalized spacial score (nSPS) is 14.2. The lowest BCUT2D eigenvalue weighted by Crippen LogP contribution is -2.36. The minimum Gasteiger partial charge on any atom is -0.378 e. The third-order valence-corrected chi connectivity index (χ3v) is 4.40. The zero-order valence-electron chi connectivity index (χ0n) is 14.6. The molecule has 0 aliphatic carbocycles. The van der Waals surface area contributed by atoms with E-state index >= 15 is 0 Å². The van der Waals surface area contributed by atoms with Crippen molar-refractivity contribution in [3.63, 3.8) is 0 Å². The van der Waals surface area contributed by atoms with Gasteiger partial charge in [-0.3, -0.25) is 4.79 Å². The predicted octanol–water partition coefficient (Wildman–Crippen LogP) is 2.99. The summed E-state index contributed by atoms with van der Waals surface area (Å²) < 4.78 is 5.41. The zero-order chi connectivity index (χ0) is 17.5. The van der Waals surface area contributed by atoms with Gasteiger partial charge in [0.05, 0.1) is 24.6 Å². The molecular formula is C20H25N3O2. The minimum atomic E-state index is 0.0310. The quantitative estimate of drug-likeness (QED) is 0.879. The van der Waals surface area contributed by atoms with Gasteiger partial charge >= 0.3 is 0 Å². The molecule has 0 atom stereocenters. The molecule has 5 nitrogen and oxygen atoms in total. The number of carbonyl (C=O) groups is 1. The first-order valence-corrected chi connectivity index (χ1v) is 8.72. The standard InChI is InChI=1S/C20H25N3O2/c1-22(17-7-3-2-4-8-17)12-11-20(24)21-18-9-5-6-10-19(18)23-13-15-25-16-14-23/h2-10H,11-16H2,1H3,(H,21,24). The number of hydrogen-bond acceptors (Lipinski definition) is 4. The molecule has 2 aromatic rings. The molecule has 132 valence electrons. The highest BCUT2D eigenvalue weighted by Gasteiger charge is 2.15. The molecule has 0 bridgehead atoms. The van der Waals surface area contributed by atoms with Gasteiger partial charge in [-0.1, -0.05) is 30.3 Å². The number of morpholine rings is 1. The largest absolute Gasteiger partial charge is 0.378 e. The van der Waals surface area contributed by atoms with Crippen molar-refractivity contribution in [2.75, 3.05) is 55.0 Å². The zero-order valence-corrected chi connectivity index (χ0v) is 14.6. The van der Waals surface area contributed by atoms with Crippen molar-refractivity contribution < 1.29 is 9.53 Å². The van der Waals surface area contributed by atoms with Crippen LogP contribution in [0.1, 0.15) is 6.42 Å². The molecule has 1 amide bonds. The van der Waals surface area contributed by atoms with Gasteiger partial charge in [0, 0.05) is 38.8 Å². The van der Waals surface area contributed by atoms with Crippen LogP contribution >= 0.6 is 0 Å². The Morgan fingerprint density at radius 3 is 2.52 bits per heavy atom. The summed E-state index contributed by atoms with van der Waals surface area (Å²) in [7, 11) is 2.00. The second-order valence-corrected chi connectivity index (χ2v) is 6.17. The summed E-state index contributed by atoms with van der Waals surface area (Å²) in [6, 6.07) is 18.1. The van der Waals surface area contributed by atoms with Crippen LogP contribution in [0.25, 0.3) is 0 Å². The van der Waals surface area contributed by atoms with E-state index in [2.05, 4.69) is 21.2 Å². The Kier molecular flexibility index (Phi) is 5.90. The number of benzene rings is 2. The molecule has 1 heterocycles. The SMILES string of the molecule is CN(CCC(=O)Nc1ccccc1N1CCOCC1)c1ccccc1. The molecule has 25 heavy (non-hydrogen) atoms. The molecule has 3 rings (SSSR count). The third kappa shape index (κ3) is 4.73. The molecule has 0 spiro atoms. The number of hydrogen-bond donors (Lipinski definition) is 1. The molecule has 1 aliphatic rings. The molecule has 0 radical (unpaired) electrons. The number of ether oxygens (including phenoxy) is 1. The van der Waals surface area contributed by atoms with E-state index in [1.54, 1.807) is 0 Å². The first-order chi connectivity index (χ1) is 12.2. The van der Waals surface area contributed by atoms with Crippen LogP contribution in [0.15, 0.2) is 54.6 Å². The Labute approximate surface area is 149 Å². The van der Waals surface area contributed by atoms with E-state index in [1.165, 1.54) is 0 Å². The highest BCUT2D eigenvalue weighted by atomic mass is 16.5. The Balaban J connectivity index is 1.58. The second kappa shape index (κ2) is 8.53. The van der Waals surface area contributed by atoms with E-state index in [4.69, 9.17) is 4.74 Å². The van der Waals surface area contributed by atoms with Gasteiger partial charge in [-0.2, -0.15) is 0 Å². The van der Waals surface area contributed by atoms with Crippen molar-refractivity contribution in [3.8, 4) is 0 Å². The fourth-order valence-electron chi connectivity index (χ4n) is 2.95. The van der Waals surface area contributed by atoms with Gasteiger partial charge in [0.1, 0.15) is 0 Å². The first-order valence-electron chi connectivity index (χ1n) is 8.72. The number of anilines is 3. The van der Waals surface area contributed by atoms with E-state index < -0.39 is 0 Å². The van der Waals surface area contributed by atoms with Crippen molar-refractivity contribution in [2.24, 2.45) is 0 Å². The van der Waals surface area contributed by atoms with Crippen LogP contribution in [-0.4, -0.2) is 45.8 Å². The number of rotatable bonds is 6. The Morgan fingerprint density at radius 1 is 1.08 bits per heavy atom. The van der Waals surface area contributed by atoms with Gasteiger partial charge in [0.15, 0.2) is 0 Å². The van der Waals surface area contributed by atoms with Gasteiger partial charge < -0.3 is 19.9 Å². The topological polar surface area (TPSA) is 44.8 Å². The first kappa shape index (κ1) is 17.3. The maximum Gasteiger partial charge on any atom is 0.226 e. The van der Waals surface area contributed by atoms with Gasteiger partial charge in [-0.25, -0.2) is 0 Å². The van der Waals surface area contributed by atoms with Gasteiger partial charge in [0.2, 0.25) is 5.91 Å². The van der Waals surface area contributed by atoms with Crippen LogP contribution in [0.2, 0.25) is 0 Å². The number of para-hydroxylation sites is 3. The fraction of sp³-hybridized carbons (Fsp3) is 0.350. The number of carbonyl (C=O) groups excluding carboxylic acids is 1. The second-order valence-electron chi connectivity index (χ2n) is 6.17. The van der Waals surface area contributed by atoms with Crippen LogP contribution in [-0.2, 0) is 9.53 Å².